The highest BCUT2D eigenvalue weighted by Gasteiger charge is 2.38. The summed E-state index contributed by atoms with van der Waals surface area (Å²) in [5, 5.41) is 10.4. The highest BCUT2D eigenvalue weighted by atomic mass is 19.4. The minimum Gasteiger partial charge on any atom is -0.475 e. The zero-order chi connectivity index (χ0) is 25.6. The van der Waals surface area contributed by atoms with Crippen LogP contribution in [0.1, 0.15) is 20.3 Å². The van der Waals surface area contributed by atoms with Gasteiger partial charge in [0, 0.05) is 39.6 Å². The molecule has 2 aromatic heterocycles. The Morgan fingerprint density at radius 2 is 1.76 bits per heavy atom. The lowest BCUT2D eigenvalue weighted by Crippen LogP contribution is -2.44. The number of alkyl halides is 3. The van der Waals surface area contributed by atoms with Gasteiger partial charge in [-0.3, -0.25) is 23.3 Å². The quantitative estimate of drug-likeness (QED) is 0.562. The number of ketones is 1. The van der Waals surface area contributed by atoms with Gasteiger partial charge in [-0.25, -0.2) is 9.59 Å². The van der Waals surface area contributed by atoms with E-state index in [1.165, 1.54) is 4.57 Å². The van der Waals surface area contributed by atoms with Gasteiger partial charge in [0.1, 0.15) is 0 Å². The van der Waals surface area contributed by atoms with Crippen LogP contribution in [0.3, 0.4) is 0 Å². The summed E-state index contributed by atoms with van der Waals surface area (Å²) in [6.45, 7) is 6.64. The highest BCUT2D eigenvalue weighted by molar-refractivity contribution is 5.79. The molecule has 3 heterocycles. The van der Waals surface area contributed by atoms with Crippen LogP contribution in [0.2, 0.25) is 0 Å². The van der Waals surface area contributed by atoms with E-state index >= 15 is 0 Å². The van der Waals surface area contributed by atoms with E-state index in [0.717, 1.165) is 30.7 Å². The van der Waals surface area contributed by atoms with E-state index in [2.05, 4.69) is 27.0 Å². The molecular formula is C20H25F3N6O5. The molecule has 0 radical (unpaired) electrons. The molecule has 0 saturated carbocycles. The van der Waals surface area contributed by atoms with E-state index in [9.17, 15) is 27.6 Å². The Morgan fingerprint density at radius 3 is 2.26 bits per heavy atom. The number of fused-ring (bicyclic) bond motifs is 1. The summed E-state index contributed by atoms with van der Waals surface area (Å²) >= 11 is 0. The van der Waals surface area contributed by atoms with Crippen molar-refractivity contribution >= 4 is 28.9 Å². The predicted octanol–water partition coefficient (Wildman–Crippen LogP) is -0.0580. The molecule has 2 aromatic rings. The number of carboxylic acids is 1. The van der Waals surface area contributed by atoms with Crippen molar-refractivity contribution in [3.8, 4) is 11.8 Å². The summed E-state index contributed by atoms with van der Waals surface area (Å²) in [5.41, 5.74) is -0.414. The first-order valence-electron chi connectivity index (χ1n) is 10.3. The minimum atomic E-state index is -5.08. The molecule has 1 fully saturated rings. The number of carbonyl (C=O) groups excluding carboxylic acids is 1. The molecule has 0 amide bonds. The van der Waals surface area contributed by atoms with Gasteiger partial charge >= 0.3 is 17.8 Å². The Bertz CT molecular complexity index is 1240. The van der Waals surface area contributed by atoms with Crippen LogP contribution in [0, 0.1) is 11.8 Å². The fraction of sp³-hybridized carbons (Fsp3) is 0.550. The number of hydrogen-bond acceptors (Lipinski definition) is 7. The number of rotatable bonds is 5. The van der Waals surface area contributed by atoms with E-state index in [1.54, 1.807) is 25.5 Å². The minimum absolute atomic E-state index is 0.171. The zero-order valence-corrected chi connectivity index (χ0v) is 18.9. The number of aliphatic carboxylic acids is 1. The molecule has 3 rings (SSSR count). The lowest BCUT2D eigenvalue weighted by molar-refractivity contribution is -0.192. The van der Waals surface area contributed by atoms with Gasteiger partial charge in [0.15, 0.2) is 16.9 Å². The van der Waals surface area contributed by atoms with Crippen LogP contribution in [-0.4, -0.2) is 67.9 Å². The van der Waals surface area contributed by atoms with Crippen molar-refractivity contribution in [2.24, 2.45) is 7.05 Å². The number of imidazole rings is 1. The second-order valence-electron chi connectivity index (χ2n) is 7.26. The highest BCUT2D eigenvalue weighted by Crippen LogP contribution is 2.20. The smallest absolute Gasteiger partial charge is 0.475 e. The van der Waals surface area contributed by atoms with Gasteiger partial charge in [-0.05, 0) is 6.92 Å². The molecule has 1 saturated heterocycles. The van der Waals surface area contributed by atoms with Crippen molar-refractivity contribution in [2.45, 2.75) is 39.5 Å². The lowest BCUT2D eigenvalue weighted by Gasteiger charge is -2.28. The topological polar surface area (TPSA) is 131 Å². The zero-order valence-electron chi connectivity index (χ0n) is 18.9. The van der Waals surface area contributed by atoms with E-state index in [-0.39, 0.29) is 18.7 Å². The van der Waals surface area contributed by atoms with Crippen LogP contribution >= 0.6 is 0 Å². The normalized spacial score (nSPS) is 13.6. The van der Waals surface area contributed by atoms with E-state index < -0.39 is 23.4 Å². The van der Waals surface area contributed by atoms with Gasteiger partial charge < -0.3 is 15.3 Å². The van der Waals surface area contributed by atoms with Crippen LogP contribution in [-0.2, 0) is 29.7 Å². The Morgan fingerprint density at radius 1 is 1.18 bits per heavy atom. The van der Waals surface area contributed by atoms with Crippen LogP contribution in [0.15, 0.2) is 9.59 Å². The van der Waals surface area contributed by atoms with Crippen LogP contribution in [0.25, 0.3) is 11.2 Å². The number of halogens is 3. The Hall–Kier alpha value is -3.60. The van der Waals surface area contributed by atoms with E-state index in [0.29, 0.717) is 23.7 Å². The first-order chi connectivity index (χ1) is 15.9. The van der Waals surface area contributed by atoms with Crippen LogP contribution < -0.4 is 21.5 Å². The molecule has 1 aliphatic heterocycles. The van der Waals surface area contributed by atoms with Crippen molar-refractivity contribution in [1.29, 1.82) is 0 Å². The van der Waals surface area contributed by atoms with Crippen molar-refractivity contribution in [3.05, 3.63) is 20.8 Å². The molecule has 14 heteroatoms. The van der Waals surface area contributed by atoms with Crippen LogP contribution in [0.4, 0.5) is 19.1 Å². The van der Waals surface area contributed by atoms with Gasteiger partial charge in [-0.1, -0.05) is 12.8 Å². The first kappa shape index (κ1) is 26.7. The molecule has 0 atom stereocenters. The third-order valence-corrected chi connectivity index (χ3v) is 5.00. The van der Waals surface area contributed by atoms with Crippen molar-refractivity contribution in [3.63, 3.8) is 0 Å². The average molecular weight is 486 g/mol. The number of nitrogens with one attached hydrogen (secondary N) is 1. The maximum Gasteiger partial charge on any atom is 0.490 e. The molecule has 1 aliphatic rings. The Balaban J connectivity index is 0.000000509. The molecule has 34 heavy (non-hydrogen) atoms. The van der Waals surface area contributed by atoms with Crippen molar-refractivity contribution in [2.75, 3.05) is 31.1 Å². The largest absolute Gasteiger partial charge is 0.490 e. The number of anilines is 1. The Labute approximate surface area is 191 Å². The summed E-state index contributed by atoms with van der Waals surface area (Å²) < 4.78 is 35.8. The molecule has 0 aliphatic carbocycles. The summed E-state index contributed by atoms with van der Waals surface area (Å²) in [7, 11) is 1.57. The number of hydrogen-bond donors (Lipinski definition) is 2. The molecule has 186 valence electrons. The molecular weight excluding hydrogens is 461 g/mol. The van der Waals surface area contributed by atoms with Crippen LogP contribution in [0.5, 0.6) is 0 Å². The number of carboxylic acid groups (broad SMARTS) is 1. The van der Waals surface area contributed by atoms with Crippen molar-refractivity contribution < 1.29 is 27.9 Å². The fourth-order valence-corrected chi connectivity index (χ4v) is 3.20. The summed E-state index contributed by atoms with van der Waals surface area (Å²) in [5.74, 6) is 3.52. The molecule has 0 unspecified atom stereocenters. The number of nitrogens with zero attached hydrogens (tertiary/aromatic N) is 5. The monoisotopic (exact) mass is 486 g/mol. The summed E-state index contributed by atoms with van der Waals surface area (Å²) in [4.78, 5) is 53.2. The average Bonchev–Trinajstić information content (AvgIpc) is 3.19. The third-order valence-electron chi connectivity index (χ3n) is 5.00. The second-order valence-corrected chi connectivity index (χ2v) is 7.26. The number of Topliss-reactive ketones (excluding diaryl/α,β-unsaturated/α-hetero) is 1. The molecule has 0 bridgehead atoms. The maximum absolute atomic E-state index is 13.1. The number of aromatic nitrogens is 4. The van der Waals surface area contributed by atoms with Gasteiger partial charge in [0.05, 0.1) is 13.1 Å². The maximum atomic E-state index is 13.1. The first-order valence-corrected chi connectivity index (χ1v) is 10.3. The number of carbonyl (C=O) groups is 2. The molecule has 2 N–H and O–H groups in total. The van der Waals surface area contributed by atoms with Gasteiger partial charge in [0.25, 0.3) is 5.56 Å². The fourth-order valence-electron chi connectivity index (χ4n) is 3.20. The van der Waals surface area contributed by atoms with Crippen molar-refractivity contribution in [1.82, 2.24) is 24.0 Å². The molecule has 0 aromatic carbocycles. The van der Waals surface area contributed by atoms with E-state index in [1.807, 2.05) is 0 Å². The Kier molecular flexibility index (Phi) is 8.63. The standard InChI is InChI=1S/C18H24N6O3.C2HF3O2/c1-4-6-9-23-14-15(20-17(23)22-10-7-19-8-11-22)21(3)18(27)24(16(14)26)12-13(25)5-2;3-2(4,5)1(6)7/h19H,5,7-12H2,1-3H3;(H,6,7). The number of aryl methyl sites for hydroxylation is 1. The van der Waals surface area contributed by atoms with Gasteiger partial charge in [-0.15, -0.1) is 5.92 Å². The molecule has 0 spiro atoms. The summed E-state index contributed by atoms with van der Waals surface area (Å²) in [6, 6.07) is 0. The van der Waals surface area contributed by atoms with Gasteiger partial charge in [-0.2, -0.15) is 18.2 Å². The van der Waals surface area contributed by atoms with E-state index in [4.69, 9.17) is 9.90 Å². The summed E-state index contributed by atoms with van der Waals surface area (Å²) in [6.07, 6.45) is -4.82. The third kappa shape index (κ3) is 5.84. The lowest BCUT2D eigenvalue weighted by atomic mass is 10.3. The second kappa shape index (κ2) is 11.0. The van der Waals surface area contributed by atoms with Gasteiger partial charge in [0.2, 0.25) is 5.95 Å². The predicted molar refractivity (Wildman–Crippen MR) is 117 cm³/mol. The molecule has 11 nitrogen and oxygen atoms in total. The number of piperazine rings is 1. The SMILES string of the molecule is CC#CCn1c(N2CCNCC2)nc2c1c(=O)n(CC(=O)CC)c(=O)n2C.O=C(O)C(F)(F)F.